The smallest absolute Gasteiger partial charge is 0.248 e. The van der Waals surface area contributed by atoms with E-state index in [9.17, 15) is 14.4 Å². The molecule has 3 aliphatic rings. The number of unbranched alkanes of at least 4 members (excludes halogenated alkanes) is 3. The zero-order valence-electron chi connectivity index (χ0n) is 19.1. The van der Waals surface area contributed by atoms with Crippen LogP contribution in [0.5, 0.6) is 0 Å². The van der Waals surface area contributed by atoms with Crippen molar-refractivity contribution in [3.05, 3.63) is 29.3 Å². The second-order valence-corrected chi connectivity index (χ2v) is 11.3. The van der Waals surface area contributed by atoms with E-state index >= 15 is 0 Å². The lowest BCUT2D eigenvalue weighted by atomic mass is 9.66. The van der Waals surface area contributed by atoms with Crippen LogP contribution in [-0.2, 0) is 14.4 Å². The second kappa shape index (κ2) is 9.84. The molecule has 0 aromatic heterocycles. The van der Waals surface area contributed by atoms with Gasteiger partial charge in [-0.2, -0.15) is 0 Å². The van der Waals surface area contributed by atoms with Crippen LogP contribution in [0, 0.1) is 17.8 Å². The standard InChI is InChI=1S/C24H32ClN3O4S/c1-14-13-17-18(21(30)26-2)19-23(32)28(11-5-3-4-6-12-29)20(24(14,19)33-17)22(31)27-16-9-7-15(25)8-10-16/h7-10,14,17-20,29H,3-6,11-13H2,1-2H3,(H,26,30)(H,27,31)/t14?,17-,18+,19-,20?,24?/m0/s1. The third-order valence-electron chi connectivity index (χ3n) is 7.46. The molecule has 6 atom stereocenters. The van der Waals surface area contributed by atoms with Crippen LogP contribution < -0.4 is 10.6 Å². The molecule has 1 spiro atoms. The molecular weight excluding hydrogens is 462 g/mol. The van der Waals surface area contributed by atoms with Gasteiger partial charge in [-0.3, -0.25) is 14.4 Å². The lowest BCUT2D eigenvalue weighted by Gasteiger charge is -2.38. The fourth-order valence-corrected chi connectivity index (χ4v) is 8.57. The fraction of sp³-hybridized carbons (Fsp3) is 0.625. The third kappa shape index (κ3) is 4.15. The van der Waals surface area contributed by atoms with Crippen LogP contribution in [0.1, 0.15) is 39.0 Å². The first-order valence-electron chi connectivity index (χ1n) is 11.7. The lowest BCUT2D eigenvalue weighted by Crippen LogP contribution is -2.55. The number of amides is 3. The summed E-state index contributed by atoms with van der Waals surface area (Å²) in [6, 6.07) is 6.31. The quantitative estimate of drug-likeness (QED) is 0.459. The molecule has 9 heteroatoms. The number of nitrogens with one attached hydrogen (secondary N) is 2. The van der Waals surface area contributed by atoms with Gasteiger partial charge in [-0.25, -0.2) is 0 Å². The number of nitrogens with zero attached hydrogens (tertiary/aromatic N) is 1. The lowest BCUT2D eigenvalue weighted by molar-refractivity contribution is -0.139. The van der Waals surface area contributed by atoms with Crippen molar-refractivity contribution < 1.29 is 19.5 Å². The van der Waals surface area contributed by atoms with Gasteiger partial charge < -0.3 is 20.6 Å². The molecule has 33 heavy (non-hydrogen) atoms. The van der Waals surface area contributed by atoms with Gasteiger partial charge in [0.2, 0.25) is 17.7 Å². The summed E-state index contributed by atoms with van der Waals surface area (Å²) in [7, 11) is 1.61. The first-order chi connectivity index (χ1) is 15.8. The Bertz CT molecular complexity index is 913. The van der Waals surface area contributed by atoms with Gasteiger partial charge in [0.05, 0.1) is 16.6 Å². The Morgan fingerprint density at radius 3 is 2.55 bits per heavy atom. The number of likely N-dealkylation sites (tertiary alicyclic amines) is 1. The summed E-state index contributed by atoms with van der Waals surface area (Å²) in [6.07, 6.45) is 4.06. The summed E-state index contributed by atoms with van der Waals surface area (Å²) in [5.74, 6) is -1.16. The van der Waals surface area contributed by atoms with Crippen molar-refractivity contribution in [2.75, 3.05) is 25.5 Å². The molecule has 0 saturated carbocycles. The van der Waals surface area contributed by atoms with Crippen molar-refractivity contribution >= 4 is 46.8 Å². The highest BCUT2D eigenvalue weighted by Crippen LogP contribution is 2.68. The van der Waals surface area contributed by atoms with Gasteiger partial charge >= 0.3 is 0 Å². The molecule has 3 heterocycles. The molecule has 1 aromatic rings. The molecular formula is C24H32ClN3O4S. The predicted molar refractivity (Wildman–Crippen MR) is 130 cm³/mol. The molecule has 1 aromatic carbocycles. The van der Waals surface area contributed by atoms with E-state index in [2.05, 4.69) is 17.6 Å². The zero-order chi connectivity index (χ0) is 23.8. The summed E-state index contributed by atoms with van der Waals surface area (Å²) >= 11 is 7.67. The van der Waals surface area contributed by atoms with Gasteiger partial charge in [0.15, 0.2) is 0 Å². The van der Waals surface area contributed by atoms with Crippen molar-refractivity contribution in [1.82, 2.24) is 10.2 Å². The number of carbonyl (C=O) groups excluding carboxylic acids is 3. The van der Waals surface area contributed by atoms with Gasteiger partial charge in [0.25, 0.3) is 0 Å². The highest BCUT2D eigenvalue weighted by atomic mass is 35.5. The number of hydrogen-bond acceptors (Lipinski definition) is 5. The number of carbonyl (C=O) groups is 3. The normalized spacial score (nSPS) is 32.2. The summed E-state index contributed by atoms with van der Waals surface area (Å²) < 4.78 is -0.611. The monoisotopic (exact) mass is 493 g/mol. The molecule has 3 fully saturated rings. The van der Waals surface area contributed by atoms with Gasteiger partial charge in [-0.1, -0.05) is 31.4 Å². The number of rotatable bonds is 9. The number of aliphatic hydroxyl groups is 1. The van der Waals surface area contributed by atoms with Gasteiger partial charge in [0.1, 0.15) is 6.04 Å². The molecule has 3 saturated heterocycles. The van der Waals surface area contributed by atoms with Crippen molar-refractivity contribution in [3.63, 3.8) is 0 Å². The minimum atomic E-state index is -0.636. The second-order valence-electron chi connectivity index (χ2n) is 9.33. The third-order valence-corrected chi connectivity index (χ3v) is 9.79. The minimum absolute atomic E-state index is 0.0476. The number of aliphatic hydroxyl groups excluding tert-OH is 1. The predicted octanol–water partition coefficient (Wildman–Crippen LogP) is 2.91. The zero-order valence-corrected chi connectivity index (χ0v) is 20.6. The van der Waals surface area contributed by atoms with Crippen LogP contribution in [-0.4, -0.2) is 64.0 Å². The van der Waals surface area contributed by atoms with Crippen LogP contribution in [0.25, 0.3) is 0 Å². The summed E-state index contributed by atoms with van der Waals surface area (Å²) in [5, 5.41) is 15.4. The van der Waals surface area contributed by atoms with Crippen LogP contribution in [0.4, 0.5) is 5.69 Å². The van der Waals surface area contributed by atoms with E-state index < -0.39 is 22.6 Å². The summed E-state index contributed by atoms with van der Waals surface area (Å²) in [4.78, 5) is 42.0. The largest absolute Gasteiger partial charge is 0.396 e. The molecule has 3 N–H and O–H groups in total. The molecule has 180 valence electrons. The van der Waals surface area contributed by atoms with E-state index in [1.165, 1.54) is 0 Å². The summed E-state index contributed by atoms with van der Waals surface area (Å²) in [5.41, 5.74) is 0.632. The van der Waals surface area contributed by atoms with E-state index in [0.717, 1.165) is 32.1 Å². The van der Waals surface area contributed by atoms with Crippen molar-refractivity contribution in [2.45, 2.75) is 55.1 Å². The van der Waals surface area contributed by atoms with Crippen molar-refractivity contribution in [2.24, 2.45) is 17.8 Å². The molecule has 4 rings (SSSR count). The van der Waals surface area contributed by atoms with E-state index in [1.807, 2.05) is 0 Å². The number of halogens is 1. The first-order valence-corrected chi connectivity index (χ1v) is 13.0. The van der Waals surface area contributed by atoms with Crippen LogP contribution in [0.2, 0.25) is 5.02 Å². The van der Waals surface area contributed by atoms with Gasteiger partial charge in [-0.05, 0) is 49.4 Å². The minimum Gasteiger partial charge on any atom is -0.396 e. The maximum Gasteiger partial charge on any atom is 0.248 e. The van der Waals surface area contributed by atoms with Crippen molar-refractivity contribution in [1.29, 1.82) is 0 Å². The van der Waals surface area contributed by atoms with E-state index in [-0.39, 0.29) is 35.5 Å². The molecule has 3 amide bonds. The highest BCUT2D eigenvalue weighted by molar-refractivity contribution is 8.02. The Balaban J connectivity index is 1.64. The number of fused-ring (bicyclic) bond motifs is 1. The Kier molecular flexibility index (Phi) is 7.26. The Hall–Kier alpha value is -1.77. The van der Waals surface area contributed by atoms with Crippen LogP contribution in [0.3, 0.4) is 0 Å². The number of thioether (sulfide) groups is 1. The number of hydrogen-bond donors (Lipinski definition) is 3. The van der Waals surface area contributed by atoms with E-state index in [0.29, 0.717) is 17.3 Å². The highest BCUT2D eigenvalue weighted by Gasteiger charge is 2.75. The molecule has 2 bridgehead atoms. The van der Waals surface area contributed by atoms with Gasteiger partial charge in [-0.15, -0.1) is 11.8 Å². The summed E-state index contributed by atoms with van der Waals surface area (Å²) in [6.45, 7) is 2.74. The molecule has 0 radical (unpaired) electrons. The van der Waals surface area contributed by atoms with Gasteiger partial charge in [0, 0.05) is 36.2 Å². The molecule has 0 aliphatic carbocycles. The average molecular weight is 494 g/mol. The maximum atomic E-state index is 13.8. The maximum absolute atomic E-state index is 13.8. The van der Waals surface area contributed by atoms with E-state index in [4.69, 9.17) is 16.7 Å². The SMILES string of the molecule is CNC(=O)[C@@H]1[C@@H]2CC(C)C3(S2)C(C(=O)Nc2ccc(Cl)cc2)N(CCCCCCO)C(=O)[C@H]13. The average Bonchev–Trinajstić information content (AvgIpc) is 3.38. The number of anilines is 1. The van der Waals surface area contributed by atoms with Crippen molar-refractivity contribution in [3.8, 4) is 0 Å². The van der Waals surface area contributed by atoms with E-state index in [1.54, 1.807) is 48.0 Å². The Morgan fingerprint density at radius 2 is 1.88 bits per heavy atom. The van der Waals surface area contributed by atoms with Crippen LogP contribution >= 0.6 is 23.4 Å². The molecule has 3 aliphatic heterocycles. The fourth-order valence-electron chi connectivity index (χ4n) is 6.02. The Morgan fingerprint density at radius 1 is 1.18 bits per heavy atom. The first kappa shape index (κ1) is 24.4. The van der Waals surface area contributed by atoms with Crippen LogP contribution in [0.15, 0.2) is 24.3 Å². The molecule has 3 unspecified atom stereocenters. The molecule has 7 nitrogen and oxygen atoms in total. The Labute approximate surface area is 204 Å². The topological polar surface area (TPSA) is 98.7 Å². The number of benzene rings is 1.